The maximum absolute atomic E-state index is 13.7. The first-order valence-electron chi connectivity index (χ1n) is 5.17. The predicted molar refractivity (Wildman–Crippen MR) is 70.9 cm³/mol. The molecule has 7 heteroatoms. The van der Waals surface area contributed by atoms with Gasteiger partial charge in [0.2, 0.25) is 0 Å². The highest BCUT2D eigenvalue weighted by Gasteiger charge is 2.12. The van der Waals surface area contributed by atoms with Gasteiger partial charge in [0.15, 0.2) is 28.8 Å². The Hall–Kier alpha value is -2.15. The van der Waals surface area contributed by atoms with Crippen LogP contribution in [0.15, 0.2) is 46.2 Å². The Morgan fingerprint density at radius 3 is 2.84 bits per heavy atom. The Morgan fingerprint density at radius 2 is 2.16 bits per heavy atom. The van der Waals surface area contributed by atoms with E-state index in [1.807, 2.05) is 0 Å². The lowest BCUT2D eigenvalue weighted by molar-refractivity contribution is 0.318. The van der Waals surface area contributed by atoms with Crippen LogP contribution in [0.5, 0.6) is 11.5 Å². The molecule has 0 unspecified atom stereocenters. The smallest absolute Gasteiger partial charge is 0.192 e. The van der Waals surface area contributed by atoms with Gasteiger partial charge in [-0.25, -0.2) is 9.37 Å². The molecule has 2 aromatic rings. The van der Waals surface area contributed by atoms with Crippen LogP contribution < -0.4 is 10.5 Å². The molecule has 3 N–H and O–H groups in total. The number of aromatic nitrogens is 1. The van der Waals surface area contributed by atoms with Crippen LogP contribution in [0, 0.1) is 5.82 Å². The number of oxime groups is 1. The van der Waals surface area contributed by atoms with E-state index in [9.17, 15) is 4.39 Å². The Bertz CT molecular complexity index is 634. The molecule has 5 nitrogen and oxygen atoms in total. The van der Waals surface area contributed by atoms with Gasteiger partial charge >= 0.3 is 0 Å². The molecule has 0 fully saturated rings. The summed E-state index contributed by atoms with van der Waals surface area (Å²) in [5.41, 5.74) is 5.60. The van der Waals surface area contributed by atoms with Crippen molar-refractivity contribution in [1.29, 1.82) is 0 Å². The minimum Gasteiger partial charge on any atom is -0.452 e. The van der Waals surface area contributed by atoms with Crippen molar-refractivity contribution in [3.8, 4) is 11.5 Å². The highest BCUT2D eigenvalue weighted by atomic mass is 79.9. The van der Waals surface area contributed by atoms with Gasteiger partial charge in [0, 0.05) is 10.7 Å². The zero-order chi connectivity index (χ0) is 13.8. The topological polar surface area (TPSA) is 80.7 Å². The molecule has 98 valence electrons. The van der Waals surface area contributed by atoms with E-state index in [-0.39, 0.29) is 23.0 Å². The van der Waals surface area contributed by atoms with Gasteiger partial charge in [-0.1, -0.05) is 21.1 Å². The van der Waals surface area contributed by atoms with Crippen LogP contribution >= 0.6 is 15.9 Å². The van der Waals surface area contributed by atoms with E-state index >= 15 is 0 Å². The van der Waals surface area contributed by atoms with Gasteiger partial charge in [-0.05, 0) is 30.3 Å². The fourth-order valence-corrected chi connectivity index (χ4v) is 1.72. The van der Waals surface area contributed by atoms with Crippen LogP contribution in [-0.4, -0.2) is 16.0 Å². The summed E-state index contributed by atoms with van der Waals surface area (Å²) in [5, 5.41) is 11.5. The maximum atomic E-state index is 13.7. The lowest BCUT2D eigenvalue weighted by Gasteiger charge is -2.09. The number of hydrogen-bond acceptors (Lipinski definition) is 4. The number of pyridine rings is 1. The normalized spacial score (nSPS) is 11.4. The Labute approximate surface area is 116 Å². The third-order valence-corrected chi connectivity index (χ3v) is 2.73. The molecule has 1 aromatic carbocycles. The summed E-state index contributed by atoms with van der Waals surface area (Å²) < 4.78 is 19.6. The van der Waals surface area contributed by atoms with Gasteiger partial charge in [0.25, 0.3) is 0 Å². The van der Waals surface area contributed by atoms with Crippen LogP contribution in [-0.2, 0) is 0 Å². The first-order valence-corrected chi connectivity index (χ1v) is 5.97. The van der Waals surface area contributed by atoms with Gasteiger partial charge < -0.3 is 15.7 Å². The van der Waals surface area contributed by atoms with Crippen LogP contribution in [0.25, 0.3) is 0 Å². The largest absolute Gasteiger partial charge is 0.452 e. The summed E-state index contributed by atoms with van der Waals surface area (Å²) in [5.74, 6) is -0.543. The fourth-order valence-electron chi connectivity index (χ4n) is 1.39. The number of halogens is 2. The second-order valence-corrected chi connectivity index (χ2v) is 4.43. The number of hydrogen-bond donors (Lipinski definition) is 2. The molecule has 0 aliphatic heterocycles. The van der Waals surface area contributed by atoms with Crippen molar-refractivity contribution in [2.45, 2.75) is 0 Å². The van der Waals surface area contributed by atoms with Crippen molar-refractivity contribution in [1.82, 2.24) is 4.98 Å². The summed E-state index contributed by atoms with van der Waals surface area (Å²) in [4.78, 5) is 3.92. The molecule has 0 aliphatic rings. The molecule has 19 heavy (non-hydrogen) atoms. The van der Waals surface area contributed by atoms with E-state index in [1.54, 1.807) is 18.2 Å². The minimum absolute atomic E-state index is 0.0168. The average molecular weight is 326 g/mol. The first kappa shape index (κ1) is 13.3. The number of rotatable bonds is 3. The van der Waals surface area contributed by atoms with Crippen molar-refractivity contribution in [3.63, 3.8) is 0 Å². The summed E-state index contributed by atoms with van der Waals surface area (Å²) in [7, 11) is 0. The Morgan fingerprint density at radius 1 is 1.37 bits per heavy atom. The summed E-state index contributed by atoms with van der Waals surface area (Å²) >= 11 is 3.15. The summed E-state index contributed by atoms with van der Waals surface area (Å²) in [6.45, 7) is 0. The molecule has 0 saturated carbocycles. The van der Waals surface area contributed by atoms with Crippen molar-refractivity contribution >= 4 is 21.8 Å². The lowest BCUT2D eigenvalue weighted by atomic mass is 10.3. The third kappa shape index (κ3) is 3.00. The number of nitrogens with zero attached hydrogens (tertiary/aromatic N) is 2. The van der Waals surface area contributed by atoms with Crippen LogP contribution in [0.3, 0.4) is 0 Å². The maximum Gasteiger partial charge on any atom is 0.192 e. The SMILES string of the molecule is N/C(=N/O)c1ncccc1Oc1ccc(Br)cc1F. The van der Waals surface area contributed by atoms with Gasteiger partial charge in [-0.3, -0.25) is 0 Å². The molecule has 0 bridgehead atoms. The molecule has 0 saturated heterocycles. The number of nitrogens with two attached hydrogens (primary N) is 1. The first-order chi connectivity index (χ1) is 9.11. The molecule has 0 spiro atoms. The van der Waals surface area contributed by atoms with Gasteiger partial charge in [-0.2, -0.15) is 0 Å². The van der Waals surface area contributed by atoms with Crippen LogP contribution in [0.2, 0.25) is 0 Å². The molecule has 0 radical (unpaired) electrons. The molecule has 1 aromatic heterocycles. The highest BCUT2D eigenvalue weighted by molar-refractivity contribution is 9.10. The minimum atomic E-state index is -0.538. The summed E-state index contributed by atoms with van der Waals surface area (Å²) in [6.07, 6.45) is 1.46. The Kier molecular flexibility index (Phi) is 3.96. The number of amidine groups is 1. The van der Waals surface area contributed by atoms with Gasteiger partial charge in [0.05, 0.1) is 0 Å². The van der Waals surface area contributed by atoms with Crippen LogP contribution in [0.4, 0.5) is 4.39 Å². The van der Waals surface area contributed by atoms with E-state index in [2.05, 4.69) is 26.1 Å². The average Bonchev–Trinajstić information content (AvgIpc) is 2.41. The quantitative estimate of drug-likeness (QED) is 0.393. The zero-order valence-electron chi connectivity index (χ0n) is 9.55. The van der Waals surface area contributed by atoms with Crippen molar-refractivity contribution in [2.24, 2.45) is 10.9 Å². The Balaban J connectivity index is 2.38. The molecular weight excluding hydrogens is 317 g/mol. The van der Waals surface area contributed by atoms with Crippen molar-refractivity contribution in [2.75, 3.05) is 0 Å². The van der Waals surface area contributed by atoms with E-state index < -0.39 is 5.82 Å². The van der Waals surface area contributed by atoms with Gasteiger partial charge in [0.1, 0.15) is 0 Å². The molecule has 1 heterocycles. The highest BCUT2D eigenvalue weighted by Crippen LogP contribution is 2.28. The van der Waals surface area contributed by atoms with Gasteiger partial charge in [-0.15, -0.1) is 0 Å². The number of ether oxygens (including phenoxy) is 1. The van der Waals surface area contributed by atoms with Crippen molar-refractivity contribution < 1.29 is 14.3 Å². The van der Waals surface area contributed by atoms with Crippen molar-refractivity contribution in [3.05, 3.63) is 52.5 Å². The zero-order valence-corrected chi connectivity index (χ0v) is 11.1. The van der Waals surface area contributed by atoms with E-state index in [1.165, 1.54) is 18.3 Å². The molecule has 0 atom stereocenters. The van der Waals surface area contributed by atoms with E-state index in [4.69, 9.17) is 15.7 Å². The van der Waals surface area contributed by atoms with E-state index in [0.717, 1.165) is 0 Å². The second-order valence-electron chi connectivity index (χ2n) is 3.51. The fraction of sp³-hybridized carbons (Fsp3) is 0. The standard InChI is InChI=1S/C12H9BrFN3O2/c13-7-3-4-9(8(14)6-7)19-10-2-1-5-16-11(10)12(15)17-18/h1-6,18H,(H2,15,17). The predicted octanol–water partition coefficient (Wildman–Crippen LogP) is 2.87. The molecule has 0 amide bonds. The molecular formula is C12H9BrFN3O2. The molecule has 2 rings (SSSR count). The second kappa shape index (κ2) is 5.66. The lowest BCUT2D eigenvalue weighted by Crippen LogP contribution is -2.16. The van der Waals surface area contributed by atoms with E-state index in [0.29, 0.717) is 4.47 Å². The third-order valence-electron chi connectivity index (χ3n) is 2.23. The monoisotopic (exact) mass is 325 g/mol. The summed E-state index contributed by atoms with van der Waals surface area (Å²) in [6, 6.07) is 7.51. The van der Waals surface area contributed by atoms with Crippen LogP contribution in [0.1, 0.15) is 5.69 Å². The molecule has 0 aliphatic carbocycles. The number of benzene rings is 1.